The van der Waals surface area contributed by atoms with E-state index in [1.54, 1.807) is 0 Å². The summed E-state index contributed by atoms with van der Waals surface area (Å²) in [7, 11) is 0. The van der Waals surface area contributed by atoms with E-state index in [1.165, 1.54) is 0 Å². The molecule has 4 heteroatoms. The molecule has 2 fully saturated rings. The van der Waals surface area contributed by atoms with Gasteiger partial charge in [-0.3, -0.25) is 4.79 Å². The summed E-state index contributed by atoms with van der Waals surface area (Å²) in [5.74, 6) is 0.591. The quantitative estimate of drug-likeness (QED) is 0.729. The fraction of sp³-hybridized carbons (Fsp3) is 0.917. The van der Waals surface area contributed by atoms with Gasteiger partial charge in [-0.25, -0.2) is 0 Å². The number of aliphatic hydroxyl groups excluding tert-OH is 1. The minimum atomic E-state index is -0.294. The summed E-state index contributed by atoms with van der Waals surface area (Å²) >= 11 is 0. The van der Waals surface area contributed by atoms with Gasteiger partial charge in [0.15, 0.2) is 0 Å². The lowest BCUT2D eigenvalue weighted by Crippen LogP contribution is -2.54. The number of hydrogen-bond acceptors (Lipinski definition) is 3. The maximum atomic E-state index is 12.4. The first-order valence-corrected chi connectivity index (χ1v) is 6.26. The lowest BCUT2D eigenvalue weighted by Gasteiger charge is -2.43. The highest BCUT2D eigenvalue weighted by molar-refractivity contribution is 5.84. The van der Waals surface area contributed by atoms with Crippen LogP contribution in [0.1, 0.15) is 32.6 Å². The third-order valence-corrected chi connectivity index (χ3v) is 4.49. The van der Waals surface area contributed by atoms with Crippen LogP contribution in [0.4, 0.5) is 0 Å². The molecular formula is C12H22N2O2. The smallest absolute Gasteiger partial charge is 0.230 e. The highest BCUT2D eigenvalue weighted by Crippen LogP contribution is 2.43. The lowest BCUT2D eigenvalue weighted by molar-refractivity contribution is -0.148. The summed E-state index contributed by atoms with van der Waals surface area (Å²) in [6, 6.07) is 0.0107. The Morgan fingerprint density at radius 1 is 1.56 bits per heavy atom. The molecule has 0 aromatic carbocycles. The van der Waals surface area contributed by atoms with Gasteiger partial charge in [0.05, 0.1) is 18.1 Å². The molecule has 4 nitrogen and oxygen atoms in total. The summed E-state index contributed by atoms with van der Waals surface area (Å²) in [6.45, 7) is 3.42. The van der Waals surface area contributed by atoms with Crippen LogP contribution in [0.5, 0.6) is 0 Å². The number of amides is 1. The van der Waals surface area contributed by atoms with Gasteiger partial charge in [0, 0.05) is 13.1 Å². The molecule has 2 aliphatic rings. The number of likely N-dealkylation sites (tertiary alicyclic amines) is 1. The van der Waals surface area contributed by atoms with Crippen molar-refractivity contribution in [2.45, 2.75) is 38.6 Å². The van der Waals surface area contributed by atoms with E-state index in [2.05, 4.69) is 6.92 Å². The van der Waals surface area contributed by atoms with Crippen molar-refractivity contribution in [3.05, 3.63) is 0 Å². The number of nitrogens with two attached hydrogens (primary N) is 1. The Labute approximate surface area is 96.8 Å². The Hall–Kier alpha value is -0.610. The predicted octanol–water partition coefficient (Wildman–Crippen LogP) is 0.345. The SMILES string of the molecule is CC1CCN(C(=O)C2(CN)CCC2)C1CO. The Kier molecular flexibility index (Phi) is 3.22. The van der Waals surface area contributed by atoms with Gasteiger partial charge in [0.2, 0.25) is 5.91 Å². The number of aliphatic hydroxyl groups is 1. The van der Waals surface area contributed by atoms with Gasteiger partial charge >= 0.3 is 0 Å². The maximum Gasteiger partial charge on any atom is 0.230 e. The zero-order valence-corrected chi connectivity index (χ0v) is 9.98. The average Bonchev–Trinajstić information content (AvgIpc) is 2.58. The normalized spacial score (nSPS) is 32.6. The van der Waals surface area contributed by atoms with E-state index < -0.39 is 0 Å². The van der Waals surface area contributed by atoms with Crippen molar-refractivity contribution in [3.8, 4) is 0 Å². The topological polar surface area (TPSA) is 66.6 Å². The van der Waals surface area contributed by atoms with Crippen LogP contribution in [0.3, 0.4) is 0 Å². The third-order valence-electron chi connectivity index (χ3n) is 4.49. The first-order chi connectivity index (χ1) is 7.64. The zero-order valence-electron chi connectivity index (χ0n) is 9.98. The molecule has 3 N–H and O–H groups in total. The van der Waals surface area contributed by atoms with E-state index in [9.17, 15) is 9.90 Å². The van der Waals surface area contributed by atoms with Crippen molar-refractivity contribution in [1.82, 2.24) is 4.90 Å². The number of carbonyl (C=O) groups excluding carboxylic acids is 1. The summed E-state index contributed by atoms with van der Waals surface area (Å²) in [5, 5.41) is 9.36. The van der Waals surface area contributed by atoms with Crippen LogP contribution < -0.4 is 5.73 Å². The molecule has 1 saturated heterocycles. The van der Waals surface area contributed by atoms with Gasteiger partial charge in [-0.15, -0.1) is 0 Å². The van der Waals surface area contributed by atoms with E-state index in [0.29, 0.717) is 12.5 Å². The van der Waals surface area contributed by atoms with Gasteiger partial charge in [-0.2, -0.15) is 0 Å². The van der Waals surface area contributed by atoms with Crippen LogP contribution in [0, 0.1) is 11.3 Å². The van der Waals surface area contributed by atoms with Crippen molar-refractivity contribution in [2.75, 3.05) is 19.7 Å². The minimum absolute atomic E-state index is 0.0107. The monoisotopic (exact) mass is 226 g/mol. The van der Waals surface area contributed by atoms with Crippen LogP contribution in [0.15, 0.2) is 0 Å². The fourth-order valence-electron chi connectivity index (χ4n) is 2.95. The van der Waals surface area contributed by atoms with E-state index >= 15 is 0 Å². The number of hydrogen-bond donors (Lipinski definition) is 2. The Morgan fingerprint density at radius 2 is 2.25 bits per heavy atom. The third kappa shape index (κ3) is 1.64. The highest BCUT2D eigenvalue weighted by Gasteiger charge is 2.48. The summed E-state index contributed by atoms with van der Waals surface area (Å²) < 4.78 is 0. The molecule has 2 unspecified atom stereocenters. The molecule has 1 heterocycles. The molecule has 1 aliphatic carbocycles. The van der Waals surface area contributed by atoms with E-state index in [4.69, 9.17) is 5.73 Å². The number of carbonyl (C=O) groups is 1. The summed E-state index contributed by atoms with van der Waals surface area (Å²) in [6.07, 6.45) is 3.95. The summed E-state index contributed by atoms with van der Waals surface area (Å²) in [5.41, 5.74) is 5.45. The van der Waals surface area contributed by atoms with Crippen molar-refractivity contribution in [2.24, 2.45) is 17.1 Å². The predicted molar refractivity (Wildman–Crippen MR) is 61.7 cm³/mol. The van der Waals surface area contributed by atoms with Crippen LogP contribution in [-0.2, 0) is 4.79 Å². The van der Waals surface area contributed by atoms with Gasteiger partial charge in [0.1, 0.15) is 0 Å². The van der Waals surface area contributed by atoms with Crippen molar-refractivity contribution in [3.63, 3.8) is 0 Å². The standard InChI is InChI=1S/C12H22N2O2/c1-9-3-6-14(10(9)7-15)11(16)12(8-13)4-2-5-12/h9-10,15H,2-8,13H2,1H3. The molecule has 0 radical (unpaired) electrons. The average molecular weight is 226 g/mol. The van der Waals surface area contributed by atoms with Crippen LogP contribution in [0.25, 0.3) is 0 Å². The molecule has 1 saturated carbocycles. The molecule has 0 aromatic heterocycles. The van der Waals surface area contributed by atoms with Crippen molar-refractivity contribution >= 4 is 5.91 Å². The largest absolute Gasteiger partial charge is 0.394 e. The highest BCUT2D eigenvalue weighted by atomic mass is 16.3. The van der Waals surface area contributed by atoms with Crippen LogP contribution in [-0.4, -0.2) is 41.7 Å². The van der Waals surface area contributed by atoms with Gasteiger partial charge in [0.25, 0.3) is 0 Å². The van der Waals surface area contributed by atoms with Gasteiger partial charge in [-0.05, 0) is 25.2 Å². The number of nitrogens with zero attached hydrogens (tertiary/aromatic N) is 1. The second-order valence-corrected chi connectivity index (χ2v) is 5.35. The molecule has 1 aliphatic heterocycles. The molecule has 2 atom stereocenters. The van der Waals surface area contributed by atoms with Crippen LogP contribution in [0.2, 0.25) is 0 Å². The summed E-state index contributed by atoms with van der Waals surface area (Å²) in [4.78, 5) is 14.3. The molecule has 16 heavy (non-hydrogen) atoms. The van der Waals surface area contributed by atoms with Crippen molar-refractivity contribution < 1.29 is 9.90 Å². The van der Waals surface area contributed by atoms with Gasteiger partial charge in [-0.1, -0.05) is 13.3 Å². The molecule has 2 rings (SSSR count). The Bertz CT molecular complexity index is 271. The first-order valence-electron chi connectivity index (χ1n) is 6.26. The Balaban J connectivity index is 2.09. The molecular weight excluding hydrogens is 204 g/mol. The van der Waals surface area contributed by atoms with Crippen LogP contribution >= 0.6 is 0 Å². The molecule has 92 valence electrons. The second-order valence-electron chi connectivity index (χ2n) is 5.35. The first kappa shape index (κ1) is 11.9. The molecule has 0 bridgehead atoms. The number of rotatable bonds is 3. The zero-order chi connectivity index (χ0) is 11.8. The Morgan fingerprint density at radius 3 is 2.69 bits per heavy atom. The minimum Gasteiger partial charge on any atom is -0.394 e. The van der Waals surface area contributed by atoms with E-state index in [-0.39, 0.29) is 24.0 Å². The van der Waals surface area contributed by atoms with Crippen molar-refractivity contribution in [1.29, 1.82) is 0 Å². The van der Waals surface area contributed by atoms with E-state index in [0.717, 1.165) is 32.2 Å². The van der Waals surface area contributed by atoms with E-state index in [1.807, 2.05) is 4.90 Å². The maximum absolute atomic E-state index is 12.4. The lowest BCUT2D eigenvalue weighted by atomic mass is 9.67. The molecule has 0 aromatic rings. The van der Waals surface area contributed by atoms with Gasteiger partial charge < -0.3 is 15.7 Å². The fourth-order valence-corrected chi connectivity index (χ4v) is 2.95. The second kappa shape index (κ2) is 4.34. The molecule has 1 amide bonds. The molecule has 0 spiro atoms.